The van der Waals surface area contributed by atoms with E-state index in [1.807, 2.05) is 0 Å². The van der Waals surface area contributed by atoms with Gasteiger partial charge in [0.25, 0.3) is 0 Å². The molecule has 0 spiro atoms. The molecule has 2 aliphatic rings. The van der Waals surface area contributed by atoms with Crippen LogP contribution in [0, 0.1) is 0 Å². The second-order valence-electron chi connectivity index (χ2n) is 19.4. The van der Waals surface area contributed by atoms with Crippen molar-refractivity contribution in [3.8, 4) is 0 Å². The number of carboxylic acid groups (broad SMARTS) is 6. The van der Waals surface area contributed by atoms with E-state index >= 15 is 0 Å². The maximum absolute atomic E-state index is 14.1. The summed E-state index contributed by atoms with van der Waals surface area (Å²) in [5.41, 5.74) is 11.1. The molecule has 20 N–H and O–H groups in total. The van der Waals surface area contributed by atoms with Crippen molar-refractivity contribution >= 4 is 94.9 Å². The third kappa shape index (κ3) is 26.1. The van der Waals surface area contributed by atoms with Gasteiger partial charge < -0.3 is 95.3 Å². The van der Waals surface area contributed by atoms with Crippen LogP contribution < -0.4 is 64.6 Å². The predicted octanol–water partition coefficient (Wildman–Crippen LogP) is -5.91. The Bertz CT molecular complexity index is 2200. The average molecular weight is 1170 g/mol. The van der Waals surface area contributed by atoms with Gasteiger partial charge >= 0.3 is 35.8 Å². The van der Waals surface area contributed by atoms with Crippen LogP contribution in [-0.2, 0) is 76.7 Å². The number of nitrogens with one attached hydrogen (secondary N) is 10. The van der Waals surface area contributed by atoms with Gasteiger partial charge in [-0.25, -0.2) is 9.59 Å². The Hall–Kier alpha value is -8.56. The first-order valence-corrected chi connectivity index (χ1v) is 26.4. The van der Waals surface area contributed by atoms with Gasteiger partial charge in [-0.1, -0.05) is 12.8 Å². The third-order valence-corrected chi connectivity index (χ3v) is 12.9. The molecule has 0 aromatic heterocycles. The molecule has 0 radical (unpaired) electrons. The summed E-state index contributed by atoms with van der Waals surface area (Å²) in [5, 5.41) is 80.6. The van der Waals surface area contributed by atoms with Crippen LogP contribution in [0.4, 0.5) is 0 Å². The molecule has 2 aliphatic heterocycles. The predicted molar refractivity (Wildman–Crippen MR) is 276 cm³/mol. The Morgan fingerprint density at radius 3 is 0.817 bits per heavy atom. The largest absolute Gasteiger partial charge is 0.481 e. The molecule has 2 rings (SSSR count). The zero-order chi connectivity index (χ0) is 61.6. The number of carboxylic acids is 6. The van der Waals surface area contributed by atoms with Crippen molar-refractivity contribution in [1.29, 1.82) is 0 Å². The van der Waals surface area contributed by atoms with E-state index in [2.05, 4.69) is 53.2 Å². The smallest absolute Gasteiger partial charge is 0.326 e. The molecule has 82 heavy (non-hydrogen) atoms. The van der Waals surface area contributed by atoms with Crippen molar-refractivity contribution in [2.45, 2.75) is 189 Å². The number of hydrogen-bond acceptors (Lipinski definition) is 18. The highest BCUT2D eigenvalue weighted by atomic mass is 16.4. The number of aliphatic carboxylic acids is 6. The lowest BCUT2D eigenvalue weighted by molar-refractivity contribution is -0.143. The molecule has 0 aromatic carbocycles. The maximum Gasteiger partial charge on any atom is 0.326 e. The van der Waals surface area contributed by atoms with Gasteiger partial charge in [-0.2, -0.15) is 0 Å². The zero-order valence-corrected chi connectivity index (χ0v) is 44.7. The minimum absolute atomic E-state index is 0.0000479. The van der Waals surface area contributed by atoms with E-state index in [0.717, 1.165) is 0 Å². The van der Waals surface area contributed by atoms with Crippen LogP contribution in [0.25, 0.3) is 0 Å². The van der Waals surface area contributed by atoms with Crippen molar-refractivity contribution in [2.24, 2.45) is 11.5 Å². The van der Waals surface area contributed by atoms with E-state index in [4.69, 9.17) is 11.5 Å². The minimum atomic E-state index is -1.83. The molecule has 10 atom stereocenters. The van der Waals surface area contributed by atoms with E-state index in [1.165, 1.54) is 0 Å². The molecule has 0 unspecified atom stereocenters. The van der Waals surface area contributed by atoms with Crippen molar-refractivity contribution < 1.29 is 107 Å². The lowest BCUT2D eigenvalue weighted by atomic mass is 10.0. The van der Waals surface area contributed by atoms with Gasteiger partial charge in [0.2, 0.25) is 59.1 Å². The monoisotopic (exact) mass is 1170 g/mol. The lowest BCUT2D eigenvalue weighted by Gasteiger charge is -2.27. The molecular weight excluding hydrogens is 1100 g/mol. The van der Waals surface area contributed by atoms with Crippen LogP contribution in [0.2, 0.25) is 0 Å². The lowest BCUT2D eigenvalue weighted by Crippen LogP contribution is -2.58. The van der Waals surface area contributed by atoms with E-state index in [1.54, 1.807) is 0 Å². The Kier molecular flexibility index (Phi) is 30.5. The normalized spacial score (nSPS) is 17.4. The van der Waals surface area contributed by atoms with Crippen molar-refractivity contribution in [1.82, 2.24) is 53.2 Å². The molecule has 2 heterocycles. The first kappa shape index (κ1) is 69.5. The number of amides is 10. The molecule has 10 amide bonds. The first-order valence-electron chi connectivity index (χ1n) is 26.4. The Morgan fingerprint density at radius 2 is 0.598 bits per heavy atom. The summed E-state index contributed by atoms with van der Waals surface area (Å²) in [6, 6.07) is -15.8. The van der Waals surface area contributed by atoms with Gasteiger partial charge in [0, 0.05) is 38.5 Å². The summed E-state index contributed by atoms with van der Waals surface area (Å²) in [4.78, 5) is 204. The van der Waals surface area contributed by atoms with Gasteiger partial charge in [-0.05, 0) is 90.1 Å². The second kappa shape index (κ2) is 35.9. The van der Waals surface area contributed by atoms with Crippen LogP contribution >= 0.6 is 0 Å². The van der Waals surface area contributed by atoms with E-state index in [-0.39, 0.29) is 77.3 Å². The molecule has 458 valence electrons. The highest BCUT2D eigenvalue weighted by molar-refractivity contribution is 5.99. The van der Waals surface area contributed by atoms with Crippen LogP contribution in [0.3, 0.4) is 0 Å². The minimum Gasteiger partial charge on any atom is -0.481 e. The molecule has 0 aliphatic carbocycles. The summed E-state index contributed by atoms with van der Waals surface area (Å²) >= 11 is 0. The second-order valence-corrected chi connectivity index (χ2v) is 19.4. The van der Waals surface area contributed by atoms with Crippen molar-refractivity contribution in [3.63, 3.8) is 0 Å². The van der Waals surface area contributed by atoms with E-state index < -0.39 is 220 Å². The molecule has 0 bridgehead atoms. The Labute approximate surface area is 467 Å². The highest BCUT2D eigenvalue weighted by Crippen LogP contribution is 2.14. The molecule has 34 heteroatoms. The number of unbranched alkanes of at least 4 members (excludes halogenated alkanes) is 1. The summed E-state index contributed by atoms with van der Waals surface area (Å²) in [5.74, 6) is -18.6. The van der Waals surface area contributed by atoms with Crippen LogP contribution in [-0.4, -0.2) is 199 Å². The molecule has 0 saturated carbocycles. The number of carbonyl (C=O) groups is 16. The number of carbonyl (C=O) groups excluding carboxylic acids is 10. The molecule has 2 fully saturated rings. The highest BCUT2D eigenvalue weighted by Gasteiger charge is 2.37. The van der Waals surface area contributed by atoms with Crippen LogP contribution in [0.5, 0.6) is 0 Å². The van der Waals surface area contributed by atoms with E-state index in [9.17, 15) is 107 Å². The Balaban J connectivity index is 2.53. The van der Waals surface area contributed by atoms with Crippen molar-refractivity contribution in [2.75, 3.05) is 13.1 Å². The maximum atomic E-state index is 14.1. The topological polar surface area (TPSA) is 567 Å². The summed E-state index contributed by atoms with van der Waals surface area (Å²) in [6.45, 7) is 0.0000957. The Morgan fingerprint density at radius 1 is 0.366 bits per heavy atom. The zero-order valence-electron chi connectivity index (χ0n) is 44.7. The fourth-order valence-corrected chi connectivity index (χ4v) is 8.34. The van der Waals surface area contributed by atoms with Gasteiger partial charge in [-0.15, -0.1) is 0 Å². The van der Waals surface area contributed by atoms with Gasteiger partial charge in [0.05, 0.1) is 0 Å². The van der Waals surface area contributed by atoms with Crippen LogP contribution in [0.1, 0.15) is 128 Å². The first-order chi connectivity index (χ1) is 38.6. The molecule has 2 saturated heterocycles. The summed E-state index contributed by atoms with van der Waals surface area (Å²) < 4.78 is 0. The third-order valence-electron chi connectivity index (χ3n) is 12.9. The molecular formula is C48H74N12O22. The number of nitrogens with two attached hydrogens (primary N) is 2. The number of rotatable bonds is 41. The number of hydrogen-bond donors (Lipinski definition) is 18. The standard InChI is InChI=1S/C48H74N12O22/c49-21-3-7-31(47(79)80)59-39(71)23(53-43(75)27(11-17-35(63)64)57-45(77)29(13-19-37(67)68)55-41(73)25-9-15-33(61)51-25)5-1-2-6-24(40(72)60-32(48(81)82)8-4-22-50)54-44(76)28(12-18-36(65)66)58-46(78)30(14-20-38(69)70)56-42(74)26-10-16-34(62)52-26/h23-32H,1-22,49-50H2,(H,51,61)(H,52,62)(H,53,75)(H,54,76)(H,55,73)(H,56,74)(H,57,77)(H,58,78)(H,59,71)(H,60,72)(H,63,64)(H,65,66)(H,67,68)(H,69,70)(H,79,80)(H,81,82)/t23-,24-,25-,26-,27-,28-,29-,30-,31-,32-/m0/s1. The summed E-state index contributed by atoms with van der Waals surface area (Å²) in [6.07, 6.45) is -6.96. The van der Waals surface area contributed by atoms with Crippen LogP contribution in [0.15, 0.2) is 0 Å². The van der Waals surface area contributed by atoms with Gasteiger partial charge in [-0.3, -0.25) is 67.1 Å². The van der Waals surface area contributed by atoms with Gasteiger partial charge in [0.1, 0.15) is 60.4 Å². The SMILES string of the molecule is NCCC[C@H](NC(=O)[C@H](CCCC[C@H](NC(=O)[C@H](CCC(=O)O)NC(=O)[C@H](CCC(=O)O)NC(=O)[C@@H]1CCC(=O)N1)C(=O)N[C@@H](CCCN)C(=O)O)NC(=O)[C@H](CCC(=O)O)NC(=O)[C@H](CCC(=O)O)NC(=O)[C@@H]1CCC(=O)N1)C(=O)O. The fourth-order valence-electron chi connectivity index (χ4n) is 8.34. The molecule has 0 aromatic rings. The fraction of sp³-hybridized carbons (Fsp3) is 0.667. The van der Waals surface area contributed by atoms with Gasteiger partial charge in [0.15, 0.2) is 0 Å². The quantitative estimate of drug-likeness (QED) is 0.0254. The molecule has 34 nitrogen and oxygen atoms in total. The average Bonchev–Trinajstić information content (AvgIpc) is 4.06. The van der Waals surface area contributed by atoms with E-state index in [0.29, 0.717) is 0 Å². The van der Waals surface area contributed by atoms with Crippen molar-refractivity contribution in [3.05, 3.63) is 0 Å². The summed E-state index contributed by atoms with van der Waals surface area (Å²) in [7, 11) is 0.